The number of rotatable bonds is 2. The molecule has 7 nitrogen and oxygen atoms in total. The Balaban J connectivity index is 1.99. The second-order valence-corrected chi connectivity index (χ2v) is 5.69. The van der Waals surface area contributed by atoms with E-state index in [1.165, 1.54) is 10.6 Å². The summed E-state index contributed by atoms with van der Waals surface area (Å²) in [5.41, 5.74) is 0. The van der Waals surface area contributed by atoms with Crippen LogP contribution in [0.5, 0.6) is 0 Å². The Morgan fingerprint density at radius 1 is 1.40 bits per heavy atom. The van der Waals surface area contributed by atoms with E-state index in [1.54, 1.807) is 0 Å². The number of piperidine rings is 1. The normalized spacial score (nSPS) is 20.6. The highest BCUT2D eigenvalue weighted by atomic mass is 32.2. The molecular weight excluding hydrogens is 218 g/mol. The minimum atomic E-state index is -3.05. The van der Waals surface area contributed by atoms with Crippen molar-refractivity contribution in [2.75, 3.05) is 19.3 Å². The first kappa shape index (κ1) is 10.5. The summed E-state index contributed by atoms with van der Waals surface area (Å²) in [5, 5.41) is 13.7. The largest absolute Gasteiger partial charge is 0.213 e. The third kappa shape index (κ3) is 2.32. The molecule has 0 radical (unpaired) electrons. The van der Waals surface area contributed by atoms with Gasteiger partial charge in [-0.3, -0.25) is 0 Å². The van der Waals surface area contributed by atoms with E-state index in [2.05, 4.69) is 20.6 Å². The van der Waals surface area contributed by atoms with Gasteiger partial charge in [0.15, 0.2) is 5.82 Å². The summed E-state index contributed by atoms with van der Waals surface area (Å²) in [6.07, 6.45) is 2.75. The predicted octanol–water partition coefficient (Wildman–Crippen LogP) is -0.661. The predicted molar refractivity (Wildman–Crippen MR) is 52.6 cm³/mol. The standard InChI is InChI=1S/C7H13N5O2S/c1-15(13,14)12-4-2-6(3-5-12)7-8-10-11-9-7/h6H,2-5H2,1H3,(H,8,9,10,11). The maximum atomic E-state index is 11.3. The first-order chi connectivity index (χ1) is 7.07. The van der Waals surface area contributed by atoms with E-state index in [4.69, 9.17) is 0 Å². The van der Waals surface area contributed by atoms with E-state index in [9.17, 15) is 8.42 Å². The topological polar surface area (TPSA) is 91.8 Å². The molecule has 0 aromatic carbocycles. The molecule has 84 valence electrons. The Morgan fingerprint density at radius 3 is 2.53 bits per heavy atom. The molecule has 0 aliphatic carbocycles. The highest BCUT2D eigenvalue weighted by Gasteiger charge is 2.27. The maximum Gasteiger partial charge on any atom is 0.211 e. The highest BCUT2D eigenvalue weighted by molar-refractivity contribution is 7.88. The fourth-order valence-corrected chi connectivity index (χ4v) is 2.66. The molecule has 0 bridgehead atoms. The third-order valence-corrected chi connectivity index (χ3v) is 3.95. The molecule has 0 amide bonds. The van der Waals surface area contributed by atoms with E-state index in [0.29, 0.717) is 18.9 Å². The zero-order valence-electron chi connectivity index (χ0n) is 8.42. The van der Waals surface area contributed by atoms with Gasteiger partial charge in [-0.15, -0.1) is 10.2 Å². The van der Waals surface area contributed by atoms with Crippen LogP contribution in [0.4, 0.5) is 0 Å². The van der Waals surface area contributed by atoms with Crippen molar-refractivity contribution in [1.29, 1.82) is 0 Å². The van der Waals surface area contributed by atoms with E-state index in [-0.39, 0.29) is 5.92 Å². The monoisotopic (exact) mass is 231 g/mol. The molecular formula is C7H13N5O2S. The van der Waals surface area contributed by atoms with Gasteiger partial charge in [-0.25, -0.2) is 12.7 Å². The van der Waals surface area contributed by atoms with Crippen LogP contribution in [-0.4, -0.2) is 52.7 Å². The Kier molecular flexibility index (Phi) is 2.70. The van der Waals surface area contributed by atoms with Crippen LogP contribution in [0, 0.1) is 0 Å². The lowest BCUT2D eigenvalue weighted by atomic mass is 9.98. The molecule has 0 spiro atoms. The van der Waals surface area contributed by atoms with Gasteiger partial charge in [0, 0.05) is 19.0 Å². The van der Waals surface area contributed by atoms with Crippen molar-refractivity contribution in [3.05, 3.63) is 5.82 Å². The first-order valence-electron chi connectivity index (χ1n) is 4.76. The summed E-state index contributed by atoms with van der Waals surface area (Å²) in [6.45, 7) is 1.08. The van der Waals surface area contributed by atoms with Crippen molar-refractivity contribution < 1.29 is 8.42 Å². The molecule has 0 atom stereocenters. The molecule has 1 aromatic heterocycles. The Morgan fingerprint density at radius 2 is 2.07 bits per heavy atom. The van der Waals surface area contributed by atoms with E-state index in [0.717, 1.165) is 12.8 Å². The number of nitrogens with one attached hydrogen (secondary N) is 1. The highest BCUT2D eigenvalue weighted by Crippen LogP contribution is 2.25. The van der Waals surface area contributed by atoms with Gasteiger partial charge in [-0.1, -0.05) is 5.21 Å². The number of sulfonamides is 1. The summed E-state index contributed by atoms with van der Waals surface area (Å²) in [7, 11) is -3.05. The van der Waals surface area contributed by atoms with Gasteiger partial charge >= 0.3 is 0 Å². The van der Waals surface area contributed by atoms with Crippen LogP contribution in [-0.2, 0) is 10.0 Å². The number of tetrazole rings is 1. The summed E-state index contributed by atoms with van der Waals surface area (Å²) in [6, 6.07) is 0. The first-order valence-corrected chi connectivity index (χ1v) is 6.60. The number of aromatic nitrogens is 4. The fraction of sp³-hybridized carbons (Fsp3) is 0.857. The second-order valence-electron chi connectivity index (χ2n) is 3.71. The van der Waals surface area contributed by atoms with Crippen LogP contribution < -0.4 is 0 Å². The van der Waals surface area contributed by atoms with Crippen molar-refractivity contribution in [1.82, 2.24) is 24.9 Å². The Hall–Kier alpha value is -1.02. The van der Waals surface area contributed by atoms with Crippen LogP contribution in [0.2, 0.25) is 0 Å². The van der Waals surface area contributed by atoms with Crippen molar-refractivity contribution in [2.45, 2.75) is 18.8 Å². The van der Waals surface area contributed by atoms with Gasteiger partial charge in [0.1, 0.15) is 0 Å². The third-order valence-electron chi connectivity index (χ3n) is 2.65. The summed E-state index contributed by atoms with van der Waals surface area (Å²) in [4.78, 5) is 0. The van der Waals surface area contributed by atoms with Crippen LogP contribution in [0.1, 0.15) is 24.6 Å². The lowest BCUT2D eigenvalue weighted by Crippen LogP contribution is -2.37. The molecule has 0 saturated carbocycles. The lowest BCUT2D eigenvalue weighted by molar-refractivity contribution is 0.315. The van der Waals surface area contributed by atoms with E-state index >= 15 is 0 Å². The molecule has 1 N–H and O–H groups in total. The van der Waals surface area contributed by atoms with Crippen molar-refractivity contribution in [2.24, 2.45) is 0 Å². The SMILES string of the molecule is CS(=O)(=O)N1CCC(c2nn[nH]n2)CC1. The van der Waals surface area contributed by atoms with Crippen LogP contribution in [0.15, 0.2) is 0 Å². The Labute approximate surface area is 87.9 Å². The van der Waals surface area contributed by atoms with Gasteiger partial charge in [-0.05, 0) is 12.8 Å². The average molecular weight is 231 g/mol. The molecule has 1 aromatic rings. The molecule has 1 fully saturated rings. The zero-order chi connectivity index (χ0) is 10.9. The molecule has 2 rings (SSSR count). The molecule has 1 aliphatic heterocycles. The van der Waals surface area contributed by atoms with Gasteiger partial charge < -0.3 is 0 Å². The second kappa shape index (κ2) is 3.86. The van der Waals surface area contributed by atoms with Gasteiger partial charge in [0.25, 0.3) is 0 Å². The minimum absolute atomic E-state index is 0.224. The summed E-state index contributed by atoms with van der Waals surface area (Å²) in [5.74, 6) is 0.907. The van der Waals surface area contributed by atoms with Crippen LogP contribution in [0.25, 0.3) is 0 Å². The van der Waals surface area contributed by atoms with Gasteiger partial charge in [0.2, 0.25) is 10.0 Å². The van der Waals surface area contributed by atoms with Crippen LogP contribution in [0.3, 0.4) is 0 Å². The number of H-pyrrole nitrogens is 1. The van der Waals surface area contributed by atoms with Crippen molar-refractivity contribution in [3.8, 4) is 0 Å². The lowest BCUT2D eigenvalue weighted by Gasteiger charge is -2.28. The molecule has 8 heteroatoms. The minimum Gasteiger partial charge on any atom is -0.213 e. The number of nitrogens with zero attached hydrogens (tertiary/aromatic N) is 4. The maximum absolute atomic E-state index is 11.3. The summed E-state index contributed by atoms with van der Waals surface area (Å²) >= 11 is 0. The molecule has 1 aliphatic rings. The Bertz CT molecular complexity index is 407. The quantitative estimate of drug-likeness (QED) is 0.729. The number of hydrogen-bond acceptors (Lipinski definition) is 5. The van der Waals surface area contributed by atoms with Crippen LogP contribution >= 0.6 is 0 Å². The molecule has 0 unspecified atom stereocenters. The molecule has 1 saturated heterocycles. The van der Waals surface area contributed by atoms with E-state index < -0.39 is 10.0 Å². The smallest absolute Gasteiger partial charge is 0.211 e. The fourth-order valence-electron chi connectivity index (χ4n) is 1.79. The van der Waals surface area contributed by atoms with E-state index in [1.807, 2.05) is 0 Å². The number of hydrogen-bond donors (Lipinski definition) is 1. The van der Waals surface area contributed by atoms with Gasteiger partial charge in [-0.2, -0.15) is 5.21 Å². The van der Waals surface area contributed by atoms with Crippen molar-refractivity contribution in [3.63, 3.8) is 0 Å². The average Bonchev–Trinajstić information content (AvgIpc) is 2.69. The van der Waals surface area contributed by atoms with Gasteiger partial charge in [0.05, 0.1) is 6.26 Å². The van der Waals surface area contributed by atoms with Crippen molar-refractivity contribution >= 4 is 10.0 Å². The summed E-state index contributed by atoms with van der Waals surface area (Å²) < 4.78 is 24.0. The number of aromatic amines is 1. The zero-order valence-corrected chi connectivity index (χ0v) is 9.24. The molecule has 2 heterocycles. The molecule has 15 heavy (non-hydrogen) atoms.